The average molecular weight is 649 g/mol. The number of carbonyl (C=O) groups excluding carboxylic acids is 5. The van der Waals surface area contributed by atoms with E-state index in [0.717, 1.165) is 46.5 Å². The molecule has 4 aromatic rings. The van der Waals surface area contributed by atoms with E-state index >= 15 is 0 Å². The van der Waals surface area contributed by atoms with E-state index in [4.69, 9.17) is 4.98 Å². The zero-order chi connectivity index (χ0) is 33.4. The van der Waals surface area contributed by atoms with Crippen LogP contribution in [0.2, 0.25) is 0 Å². The lowest BCUT2D eigenvalue weighted by Gasteiger charge is -2.33. The molecule has 3 aliphatic rings. The minimum absolute atomic E-state index is 0.0749. The first-order valence-electron chi connectivity index (χ1n) is 16.4. The maximum absolute atomic E-state index is 13.2. The van der Waals surface area contributed by atoms with E-state index in [0.29, 0.717) is 31.7 Å². The molecule has 246 valence electrons. The number of nitrogens with zero attached hydrogens (tertiary/aromatic N) is 6. The lowest BCUT2D eigenvalue weighted by molar-refractivity contribution is -0.137. The molecule has 2 fully saturated rings. The number of amides is 5. The summed E-state index contributed by atoms with van der Waals surface area (Å²) in [6.07, 6.45) is 8.89. The van der Waals surface area contributed by atoms with Crippen molar-refractivity contribution >= 4 is 46.3 Å². The Morgan fingerprint density at radius 2 is 1.75 bits per heavy atom. The number of hydrogen-bond acceptors (Lipinski definition) is 9. The van der Waals surface area contributed by atoms with Crippen LogP contribution in [0.3, 0.4) is 0 Å². The van der Waals surface area contributed by atoms with Crippen molar-refractivity contribution < 1.29 is 24.0 Å². The lowest BCUT2D eigenvalue weighted by atomic mass is 10.00. The number of para-hydroxylation sites is 2. The monoisotopic (exact) mass is 648 g/mol. The second kappa shape index (κ2) is 13.0. The van der Waals surface area contributed by atoms with Gasteiger partial charge in [-0.05, 0) is 62.4 Å². The predicted molar refractivity (Wildman–Crippen MR) is 176 cm³/mol. The van der Waals surface area contributed by atoms with Crippen LogP contribution in [0.1, 0.15) is 72.2 Å². The third-order valence-corrected chi connectivity index (χ3v) is 9.50. The Bertz CT molecular complexity index is 1930. The molecule has 0 spiro atoms. The highest BCUT2D eigenvalue weighted by atomic mass is 16.2. The zero-order valence-electron chi connectivity index (χ0n) is 26.6. The number of nitrogens with one attached hydrogen (secondary N) is 2. The van der Waals surface area contributed by atoms with E-state index in [-0.39, 0.29) is 41.8 Å². The van der Waals surface area contributed by atoms with Crippen LogP contribution in [0.25, 0.3) is 22.3 Å². The molecule has 0 bridgehead atoms. The number of fused-ring (bicyclic) bond motifs is 2. The minimum Gasteiger partial charge on any atom is -0.385 e. The van der Waals surface area contributed by atoms with Gasteiger partial charge in [0.15, 0.2) is 0 Å². The molecule has 13 nitrogen and oxygen atoms in total. The van der Waals surface area contributed by atoms with Gasteiger partial charge in [0.05, 0.1) is 46.3 Å². The Kier molecular flexibility index (Phi) is 8.42. The largest absolute Gasteiger partial charge is 0.385 e. The van der Waals surface area contributed by atoms with Crippen molar-refractivity contribution in [1.29, 1.82) is 0 Å². The molecule has 3 aliphatic heterocycles. The predicted octanol–water partition coefficient (Wildman–Crippen LogP) is 3.59. The summed E-state index contributed by atoms with van der Waals surface area (Å²) in [4.78, 5) is 75.2. The lowest BCUT2D eigenvalue weighted by Crippen LogP contribution is -2.54. The molecule has 0 radical (unpaired) electrons. The maximum Gasteiger partial charge on any atom is 0.262 e. The molecule has 2 aromatic carbocycles. The fraction of sp³-hybridized carbons (Fsp3) is 0.371. The first-order valence-corrected chi connectivity index (χ1v) is 16.4. The molecule has 2 aromatic heterocycles. The first-order chi connectivity index (χ1) is 23.3. The van der Waals surface area contributed by atoms with Crippen molar-refractivity contribution in [1.82, 2.24) is 34.9 Å². The molecule has 5 heterocycles. The molecular formula is C35H36N8O5. The summed E-state index contributed by atoms with van der Waals surface area (Å²) >= 11 is 0. The molecule has 2 N–H and O–H groups in total. The maximum atomic E-state index is 13.2. The zero-order valence-corrected chi connectivity index (χ0v) is 26.6. The smallest absolute Gasteiger partial charge is 0.262 e. The Morgan fingerprint density at radius 3 is 2.54 bits per heavy atom. The Morgan fingerprint density at radius 1 is 0.979 bits per heavy atom. The SMILES string of the molecule is CC(CCCNc1ccc2c(c1)C(=O)N(C1CCC(=O)NC1=O)C2=O)C(=O)N1CCC(n2cc(-c3cnc4ccccc4n3)cn2)CC1. The van der Waals surface area contributed by atoms with E-state index in [1.165, 1.54) is 0 Å². The van der Waals surface area contributed by atoms with Crippen molar-refractivity contribution in [3.05, 3.63) is 72.2 Å². The summed E-state index contributed by atoms with van der Waals surface area (Å²) in [5.74, 6) is -2.09. The number of rotatable bonds is 9. The van der Waals surface area contributed by atoms with Crippen LogP contribution in [0.4, 0.5) is 5.69 Å². The van der Waals surface area contributed by atoms with Gasteiger partial charge >= 0.3 is 0 Å². The van der Waals surface area contributed by atoms with Crippen molar-refractivity contribution in [3.8, 4) is 11.3 Å². The number of imide groups is 2. The van der Waals surface area contributed by atoms with Gasteiger partial charge in [0.2, 0.25) is 17.7 Å². The van der Waals surface area contributed by atoms with Crippen LogP contribution in [0.15, 0.2) is 61.1 Å². The van der Waals surface area contributed by atoms with E-state index in [1.54, 1.807) is 24.4 Å². The fourth-order valence-electron chi connectivity index (χ4n) is 6.77. The summed E-state index contributed by atoms with van der Waals surface area (Å²) in [5.41, 5.74) is 4.55. The Hall–Kier alpha value is -5.46. The second-order valence-corrected chi connectivity index (χ2v) is 12.7. The van der Waals surface area contributed by atoms with Gasteiger partial charge in [0, 0.05) is 49.4 Å². The van der Waals surface area contributed by atoms with Crippen molar-refractivity contribution in [3.63, 3.8) is 0 Å². The van der Waals surface area contributed by atoms with Gasteiger partial charge in [-0.3, -0.25) is 43.9 Å². The van der Waals surface area contributed by atoms with Crippen molar-refractivity contribution in [2.45, 2.75) is 57.5 Å². The number of benzene rings is 2. The standard InChI is InChI=1S/C35H36N8O5/c1-21(5-4-14-36-23-8-9-25-26(17-23)35(48)43(34(25)47)30-10-11-31(44)40-32(30)45)33(46)41-15-12-24(13-16-41)42-20-22(18-38-42)29-19-37-27-6-2-3-7-28(27)39-29/h2-3,6-9,17-21,24,30,36H,4-5,10-16H2,1H3,(H,40,44,45). The molecule has 7 rings (SSSR count). The Balaban J connectivity index is 0.868. The molecule has 2 saturated heterocycles. The Labute approximate surface area is 276 Å². The molecule has 48 heavy (non-hydrogen) atoms. The summed E-state index contributed by atoms with van der Waals surface area (Å²) in [5, 5.41) is 10.1. The van der Waals surface area contributed by atoms with Crippen LogP contribution in [-0.2, 0) is 14.4 Å². The number of hydrogen-bond donors (Lipinski definition) is 2. The number of anilines is 1. The van der Waals surface area contributed by atoms with E-state index in [9.17, 15) is 24.0 Å². The summed E-state index contributed by atoms with van der Waals surface area (Å²) in [7, 11) is 0. The first kappa shape index (κ1) is 31.2. The van der Waals surface area contributed by atoms with Gasteiger partial charge < -0.3 is 10.2 Å². The molecule has 0 saturated carbocycles. The number of aromatic nitrogens is 4. The average Bonchev–Trinajstić information content (AvgIpc) is 3.69. The fourth-order valence-corrected chi connectivity index (χ4v) is 6.77. The molecule has 2 unspecified atom stereocenters. The van der Waals surface area contributed by atoms with E-state index in [2.05, 4.69) is 20.7 Å². The van der Waals surface area contributed by atoms with Crippen LogP contribution >= 0.6 is 0 Å². The van der Waals surface area contributed by atoms with Gasteiger partial charge in [-0.25, -0.2) is 4.98 Å². The molecule has 2 atom stereocenters. The van der Waals surface area contributed by atoms with Crippen LogP contribution in [0.5, 0.6) is 0 Å². The summed E-state index contributed by atoms with van der Waals surface area (Å²) in [6.45, 7) is 3.90. The number of carbonyl (C=O) groups is 5. The highest BCUT2D eigenvalue weighted by Crippen LogP contribution is 2.30. The molecule has 13 heteroatoms. The highest BCUT2D eigenvalue weighted by molar-refractivity contribution is 6.23. The van der Waals surface area contributed by atoms with Crippen molar-refractivity contribution in [2.75, 3.05) is 25.0 Å². The van der Waals surface area contributed by atoms with Gasteiger partial charge in [0.1, 0.15) is 6.04 Å². The second-order valence-electron chi connectivity index (χ2n) is 12.7. The third kappa shape index (κ3) is 6.03. The highest BCUT2D eigenvalue weighted by Gasteiger charge is 2.44. The topological polar surface area (TPSA) is 159 Å². The third-order valence-electron chi connectivity index (χ3n) is 9.50. The quantitative estimate of drug-likeness (QED) is 0.204. The summed E-state index contributed by atoms with van der Waals surface area (Å²) in [6, 6.07) is 11.9. The van der Waals surface area contributed by atoms with Crippen LogP contribution in [-0.4, -0.2) is 84.8 Å². The number of likely N-dealkylation sites (tertiary alicyclic amines) is 1. The molecule has 0 aliphatic carbocycles. The van der Waals surface area contributed by atoms with E-state index < -0.39 is 29.7 Å². The normalized spacial score (nSPS) is 19.1. The van der Waals surface area contributed by atoms with Crippen molar-refractivity contribution in [2.24, 2.45) is 5.92 Å². The van der Waals surface area contributed by atoms with E-state index in [1.807, 2.05) is 53.2 Å². The van der Waals surface area contributed by atoms with Crippen LogP contribution in [0, 0.1) is 5.92 Å². The van der Waals surface area contributed by atoms with Gasteiger partial charge in [-0.1, -0.05) is 19.1 Å². The number of piperidine rings is 2. The van der Waals surface area contributed by atoms with Crippen LogP contribution < -0.4 is 10.6 Å². The van der Waals surface area contributed by atoms with Gasteiger partial charge in [0.25, 0.3) is 11.8 Å². The van der Waals surface area contributed by atoms with Gasteiger partial charge in [-0.15, -0.1) is 0 Å². The summed E-state index contributed by atoms with van der Waals surface area (Å²) < 4.78 is 1.98. The molecule has 5 amide bonds. The molecular weight excluding hydrogens is 612 g/mol. The van der Waals surface area contributed by atoms with Gasteiger partial charge in [-0.2, -0.15) is 5.10 Å². The minimum atomic E-state index is -0.994.